The van der Waals surface area contributed by atoms with Crippen molar-refractivity contribution in [2.45, 2.75) is 66.2 Å². The number of aryl methyl sites for hydroxylation is 1. The maximum absolute atomic E-state index is 13.2. The highest BCUT2D eigenvalue weighted by atomic mass is 35.5. The zero-order valence-corrected chi connectivity index (χ0v) is 24.0. The van der Waals surface area contributed by atoms with E-state index in [0.717, 1.165) is 33.3 Å². The van der Waals surface area contributed by atoms with Crippen LogP contribution in [-0.2, 0) is 11.3 Å². The van der Waals surface area contributed by atoms with Gasteiger partial charge in [0.15, 0.2) is 6.10 Å². The summed E-state index contributed by atoms with van der Waals surface area (Å²) in [5, 5.41) is 13.8. The number of rotatable bonds is 9. The van der Waals surface area contributed by atoms with Gasteiger partial charge in [0, 0.05) is 33.7 Å². The Morgan fingerprint density at radius 2 is 1.69 bits per heavy atom. The van der Waals surface area contributed by atoms with Crippen molar-refractivity contribution >= 4 is 34.4 Å². The number of aromatic nitrogens is 1. The van der Waals surface area contributed by atoms with Crippen molar-refractivity contribution in [3.8, 4) is 5.75 Å². The number of amides is 1. The molecule has 0 saturated carbocycles. The zero-order valence-electron chi connectivity index (χ0n) is 23.2. The molecule has 1 amide bonds. The molecule has 0 saturated heterocycles. The lowest BCUT2D eigenvalue weighted by Crippen LogP contribution is -2.26. The van der Waals surface area contributed by atoms with E-state index < -0.39 is 12.1 Å². The van der Waals surface area contributed by atoms with Crippen LogP contribution in [0, 0.1) is 13.8 Å². The number of benzene rings is 3. The number of ether oxygens (including phenoxy) is 1. The summed E-state index contributed by atoms with van der Waals surface area (Å²) in [5.74, 6) is -0.332. The molecule has 1 heterocycles. The molecule has 2 unspecified atom stereocenters. The van der Waals surface area contributed by atoms with Crippen LogP contribution >= 0.6 is 11.6 Å². The Hall–Kier alpha value is -3.77. The zero-order chi connectivity index (χ0) is 28.4. The van der Waals surface area contributed by atoms with E-state index in [1.54, 1.807) is 6.07 Å². The normalized spacial score (nSPS) is 12.9. The number of nitrogens with one attached hydrogen (secondary N) is 1. The molecule has 204 valence electrons. The van der Waals surface area contributed by atoms with Crippen LogP contribution in [0.4, 0.5) is 0 Å². The van der Waals surface area contributed by atoms with Crippen LogP contribution in [-0.4, -0.2) is 27.7 Å². The molecule has 4 aromatic rings. The maximum atomic E-state index is 13.2. The summed E-state index contributed by atoms with van der Waals surface area (Å²) in [4.78, 5) is 24.4. The summed E-state index contributed by atoms with van der Waals surface area (Å²) >= 11 is 6.33. The van der Waals surface area contributed by atoms with E-state index in [0.29, 0.717) is 28.8 Å². The number of nitrogens with zero attached hydrogens (tertiary/aromatic N) is 1. The van der Waals surface area contributed by atoms with Gasteiger partial charge in [-0.15, -0.1) is 0 Å². The van der Waals surface area contributed by atoms with Crippen molar-refractivity contribution < 1.29 is 19.4 Å². The third-order valence-electron chi connectivity index (χ3n) is 7.26. The van der Waals surface area contributed by atoms with Gasteiger partial charge in [0.25, 0.3) is 5.91 Å². The Balaban J connectivity index is 1.58. The van der Waals surface area contributed by atoms with Crippen LogP contribution in [0.15, 0.2) is 60.7 Å². The number of carboxylic acids is 1. The molecule has 2 atom stereocenters. The molecular weight excluding hydrogens is 512 g/mol. The molecular formula is C32H35ClN2O4. The molecule has 0 aliphatic heterocycles. The molecule has 0 aliphatic rings. The largest absolute Gasteiger partial charge is 0.479 e. The predicted molar refractivity (Wildman–Crippen MR) is 156 cm³/mol. The molecule has 0 fully saturated rings. The van der Waals surface area contributed by atoms with Gasteiger partial charge >= 0.3 is 5.97 Å². The van der Waals surface area contributed by atoms with Gasteiger partial charge < -0.3 is 19.7 Å². The summed E-state index contributed by atoms with van der Waals surface area (Å²) in [6.45, 7) is 12.4. The number of carbonyl (C=O) groups is 2. The van der Waals surface area contributed by atoms with Gasteiger partial charge in [0.2, 0.25) is 0 Å². The van der Waals surface area contributed by atoms with Crippen molar-refractivity contribution in [2.75, 3.05) is 0 Å². The highest BCUT2D eigenvalue weighted by molar-refractivity contribution is 6.30. The second-order valence-electron chi connectivity index (χ2n) is 10.4. The molecule has 0 spiro atoms. The molecule has 2 N–H and O–H groups in total. The van der Waals surface area contributed by atoms with E-state index in [4.69, 9.17) is 16.3 Å². The second-order valence-corrected chi connectivity index (χ2v) is 10.9. The number of carboxylic acid groups (broad SMARTS) is 1. The first kappa shape index (κ1) is 28.2. The Bertz CT molecular complexity index is 1540. The molecule has 1 aromatic heterocycles. The molecule has 0 aliphatic carbocycles. The van der Waals surface area contributed by atoms with Crippen LogP contribution in [0.2, 0.25) is 5.02 Å². The first-order chi connectivity index (χ1) is 18.4. The minimum Gasteiger partial charge on any atom is -0.479 e. The van der Waals surface area contributed by atoms with E-state index in [1.165, 1.54) is 12.5 Å². The van der Waals surface area contributed by atoms with Gasteiger partial charge in [0.05, 0.1) is 6.04 Å². The smallest absolute Gasteiger partial charge is 0.344 e. The second kappa shape index (κ2) is 11.5. The average molecular weight is 547 g/mol. The SMILES string of the molecule is Cc1c(C)n(Cc2cc(Cl)cc(OC(C)C(=O)O)c2)c2ccc(C(=O)NC(C)c3cccc(C(C)C)c3)cc12. The minimum absolute atomic E-state index is 0.117. The van der Waals surface area contributed by atoms with E-state index >= 15 is 0 Å². The molecule has 0 bridgehead atoms. The van der Waals surface area contributed by atoms with Gasteiger partial charge in [-0.25, -0.2) is 4.79 Å². The van der Waals surface area contributed by atoms with Gasteiger partial charge in [0.1, 0.15) is 5.75 Å². The Kier molecular flexibility index (Phi) is 8.36. The molecule has 0 radical (unpaired) electrons. The summed E-state index contributed by atoms with van der Waals surface area (Å²) < 4.78 is 7.71. The van der Waals surface area contributed by atoms with Gasteiger partial charge in [-0.1, -0.05) is 49.7 Å². The van der Waals surface area contributed by atoms with Crippen molar-refractivity contribution in [3.63, 3.8) is 0 Å². The third-order valence-corrected chi connectivity index (χ3v) is 7.48. The van der Waals surface area contributed by atoms with Crippen molar-refractivity contribution in [2.24, 2.45) is 0 Å². The number of carbonyl (C=O) groups excluding carboxylic acids is 1. The first-order valence-corrected chi connectivity index (χ1v) is 13.5. The lowest BCUT2D eigenvalue weighted by atomic mass is 9.98. The van der Waals surface area contributed by atoms with Gasteiger partial charge in [-0.2, -0.15) is 0 Å². The summed E-state index contributed by atoms with van der Waals surface area (Å²) in [6.07, 6.45) is -0.987. The fraction of sp³-hybridized carbons (Fsp3) is 0.312. The van der Waals surface area contributed by atoms with Gasteiger partial charge in [-0.3, -0.25) is 4.79 Å². The quantitative estimate of drug-likeness (QED) is 0.229. The molecule has 3 aromatic carbocycles. The fourth-order valence-corrected chi connectivity index (χ4v) is 5.01. The highest BCUT2D eigenvalue weighted by Crippen LogP contribution is 2.30. The summed E-state index contributed by atoms with van der Waals surface area (Å²) in [5.41, 5.74) is 6.98. The predicted octanol–water partition coefficient (Wildman–Crippen LogP) is 7.43. The number of hydrogen-bond donors (Lipinski definition) is 2. The Morgan fingerprint density at radius 3 is 2.38 bits per heavy atom. The van der Waals surface area contributed by atoms with Crippen molar-refractivity contribution in [1.29, 1.82) is 0 Å². The van der Waals surface area contributed by atoms with Crippen LogP contribution in [0.1, 0.15) is 78.0 Å². The fourth-order valence-electron chi connectivity index (χ4n) is 4.76. The summed E-state index contributed by atoms with van der Waals surface area (Å²) in [6, 6.07) is 19.3. The highest BCUT2D eigenvalue weighted by Gasteiger charge is 2.18. The van der Waals surface area contributed by atoms with Crippen LogP contribution < -0.4 is 10.1 Å². The topological polar surface area (TPSA) is 80.6 Å². The van der Waals surface area contributed by atoms with Crippen LogP contribution in [0.5, 0.6) is 5.75 Å². The Labute approximate surface area is 234 Å². The van der Waals surface area contributed by atoms with Gasteiger partial charge in [-0.05, 0) is 92.3 Å². The van der Waals surface area contributed by atoms with Crippen molar-refractivity contribution in [1.82, 2.24) is 9.88 Å². The maximum Gasteiger partial charge on any atom is 0.344 e. The molecule has 39 heavy (non-hydrogen) atoms. The minimum atomic E-state index is -1.04. The molecule has 4 rings (SSSR count). The lowest BCUT2D eigenvalue weighted by molar-refractivity contribution is -0.144. The molecule has 7 heteroatoms. The molecule has 6 nitrogen and oxygen atoms in total. The van der Waals surface area contributed by atoms with E-state index in [9.17, 15) is 14.7 Å². The monoisotopic (exact) mass is 546 g/mol. The lowest BCUT2D eigenvalue weighted by Gasteiger charge is -2.17. The van der Waals surface area contributed by atoms with E-state index in [1.807, 2.05) is 56.3 Å². The van der Waals surface area contributed by atoms with E-state index in [2.05, 4.69) is 42.8 Å². The average Bonchev–Trinajstić information content (AvgIpc) is 3.12. The number of fused-ring (bicyclic) bond motifs is 1. The number of hydrogen-bond acceptors (Lipinski definition) is 3. The number of aliphatic carboxylic acids is 1. The number of halogens is 1. The first-order valence-electron chi connectivity index (χ1n) is 13.1. The van der Waals surface area contributed by atoms with Crippen LogP contribution in [0.3, 0.4) is 0 Å². The standard InChI is InChI=1S/C32H35ClN2O4/c1-18(2)24-8-7-9-25(14-24)20(4)34-31(36)26-10-11-30-29(15-26)19(3)21(5)35(30)17-23-12-27(33)16-28(13-23)39-22(6)32(37)38/h7-16,18,20,22H,17H2,1-6H3,(H,34,36)(H,37,38). The third kappa shape index (κ3) is 6.28. The Morgan fingerprint density at radius 1 is 0.974 bits per heavy atom. The summed E-state index contributed by atoms with van der Waals surface area (Å²) in [7, 11) is 0. The van der Waals surface area contributed by atoms with Crippen LogP contribution in [0.25, 0.3) is 10.9 Å². The van der Waals surface area contributed by atoms with Crippen molar-refractivity contribution in [3.05, 3.63) is 99.2 Å². The van der Waals surface area contributed by atoms with E-state index in [-0.39, 0.29) is 11.9 Å².